The Hall–Kier alpha value is -1.52. The second kappa shape index (κ2) is 3.93. The number of nitrogens with zero attached hydrogens (tertiary/aromatic N) is 1. The predicted octanol–water partition coefficient (Wildman–Crippen LogP) is 0.469. The van der Waals surface area contributed by atoms with Crippen molar-refractivity contribution in [2.75, 3.05) is 19.7 Å². The number of carboxylic acid groups (broad SMARTS) is 1. The first-order valence-corrected chi connectivity index (χ1v) is 3.93. The van der Waals surface area contributed by atoms with E-state index in [9.17, 15) is 9.59 Å². The molecule has 0 unspecified atom stereocenters. The van der Waals surface area contributed by atoms with E-state index < -0.39 is 5.97 Å². The summed E-state index contributed by atoms with van der Waals surface area (Å²) in [5.41, 5.74) is 0.236. The Labute approximate surface area is 75.6 Å². The highest BCUT2D eigenvalue weighted by molar-refractivity contribution is 5.85. The molecule has 0 spiro atoms. The Morgan fingerprint density at radius 1 is 1.77 bits per heavy atom. The zero-order valence-electron chi connectivity index (χ0n) is 7.32. The molecule has 0 atom stereocenters. The molecule has 1 rings (SSSR count). The van der Waals surface area contributed by atoms with Gasteiger partial charge in [-0.2, -0.15) is 0 Å². The van der Waals surface area contributed by atoms with Gasteiger partial charge in [0.2, 0.25) is 0 Å². The van der Waals surface area contributed by atoms with Gasteiger partial charge in [-0.3, -0.25) is 0 Å². The summed E-state index contributed by atoms with van der Waals surface area (Å²) in [6.45, 7) is 2.71. The minimum Gasteiger partial charge on any atom is -0.478 e. The lowest BCUT2D eigenvalue weighted by atomic mass is 10.3. The van der Waals surface area contributed by atoms with Crippen LogP contribution in [0.3, 0.4) is 0 Å². The van der Waals surface area contributed by atoms with Crippen molar-refractivity contribution in [2.45, 2.75) is 6.92 Å². The molecule has 13 heavy (non-hydrogen) atoms. The molecule has 1 heterocycles. The minimum atomic E-state index is -0.965. The van der Waals surface area contributed by atoms with Gasteiger partial charge in [-0.1, -0.05) is 6.08 Å². The minimum absolute atomic E-state index is 0.236. The van der Waals surface area contributed by atoms with Gasteiger partial charge in [-0.05, 0) is 6.92 Å². The quantitative estimate of drug-likeness (QED) is 0.649. The molecule has 0 saturated carbocycles. The lowest BCUT2D eigenvalue weighted by Gasteiger charge is -2.08. The van der Waals surface area contributed by atoms with E-state index in [-0.39, 0.29) is 11.7 Å². The Bertz CT molecular complexity index is 259. The van der Waals surface area contributed by atoms with E-state index in [0.717, 1.165) is 0 Å². The first kappa shape index (κ1) is 9.57. The summed E-state index contributed by atoms with van der Waals surface area (Å²) in [4.78, 5) is 22.7. The second-order valence-corrected chi connectivity index (χ2v) is 2.75. The highest BCUT2D eigenvalue weighted by atomic mass is 16.6. The van der Waals surface area contributed by atoms with Gasteiger partial charge in [0, 0.05) is 12.1 Å². The van der Waals surface area contributed by atoms with Gasteiger partial charge in [0.05, 0.1) is 6.54 Å². The van der Waals surface area contributed by atoms with Gasteiger partial charge in [0.25, 0.3) is 0 Å². The van der Waals surface area contributed by atoms with Gasteiger partial charge in [-0.15, -0.1) is 0 Å². The number of cyclic esters (lactones) is 1. The molecule has 1 N–H and O–H groups in total. The third kappa shape index (κ3) is 2.47. The molecule has 1 amide bonds. The summed E-state index contributed by atoms with van der Waals surface area (Å²) < 4.78 is 4.67. The fraction of sp³-hybridized carbons (Fsp3) is 0.500. The van der Waals surface area contributed by atoms with Crippen LogP contribution < -0.4 is 0 Å². The topological polar surface area (TPSA) is 66.8 Å². The normalized spacial score (nSPS) is 17.5. The summed E-state index contributed by atoms with van der Waals surface area (Å²) >= 11 is 0. The van der Waals surface area contributed by atoms with Crippen LogP contribution in [0.25, 0.3) is 0 Å². The SMILES string of the molecule is C/C(=C\CN1CCOC1=O)C(=O)O. The number of aliphatic carboxylic acids is 1. The van der Waals surface area contributed by atoms with Gasteiger partial charge in [0.1, 0.15) is 6.61 Å². The molecule has 0 bridgehead atoms. The fourth-order valence-corrected chi connectivity index (χ4v) is 0.926. The summed E-state index contributed by atoms with van der Waals surface area (Å²) in [6, 6.07) is 0. The van der Waals surface area contributed by atoms with Crippen LogP contribution in [0.4, 0.5) is 4.79 Å². The molecule has 5 heteroatoms. The monoisotopic (exact) mass is 185 g/mol. The third-order valence-corrected chi connectivity index (χ3v) is 1.80. The Morgan fingerprint density at radius 3 is 2.92 bits per heavy atom. The molecule has 1 aliphatic heterocycles. The second-order valence-electron chi connectivity index (χ2n) is 2.75. The molecule has 0 aromatic carbocycles. The predicted molar refractivity (Wildman–Crippen MR) is 44.3 cm³/mol. The third-order valence-electron chi connectivity index (χ3n) is 1.80. The Kier molecular flexibility index (Phi) is 2.89. The summed E-state index contributed by atoms with van der Waals surface area (Å²) in [5.74, 6) is -0.965. The molecule has 0 radical (unpaired) electrons. The maximum absolute atomic E-state index is 10.9. The molecule has 0 aromatic heterocycles. The molecule has 0 aliphatic carbocycles. The molecular weight excluding hydrogens is 174 g/mol. The summed E-state index contributed by atoms with van der Waals surface area (Å²) in [6.07, 6.45) is 1.11. The molecule has 5 nitrogen and oxygen atoms in total. The molecule has 1 saturated heterocycles. The fourth-order valence-electron chi connectivity index (χ4n) is 0.926. The maximum Gasteiger partial charge on any atom is 0.410 e. The van der Waals surface area contributed by atoms with Crippen molar-refractivity contribution in [1.82, 2.24) is 4.90 Å². The largest absolute Gasteiger partial charge is 0.478 e. The first-order chi connectivity index (χ1) is 6.11. The van der Waals surface area contributed by atoms with Crippen LogP contribution in [0.2, 0.25) is 0 Å². The number of carbonyl (C=O) groups excluding carboxylic acids is 1. The first-order valence-electron chi connectivity index (χ1n) is 3.93. The number of carbonyl (C=O) groups is 2. The van der Waals surface area contributed by atoms with Crippen LogP contribution in [0, 0.1) is 0 Å². The van der Waals surface area contributed by atoms with E-state index in [1.807, 2.05) is 0 Å². The number of rotatable bonds is 3. The van der Waals surface area contributed by atoms with E-state index >= 15 is 0 Å². The van der Waals surface area contributed by atoms with Crippen molar-refractivity contribution >= 4 is 12.1 Å². The van der Waals surface area contributed by atoms with Crippen molar-refractivity contribution in [3.63, 3.8) is 0 Å². The van der Waals surface area contributed by atoms with Crippen molar-refractivity contribution in [2.24, 2.45) is 0 Å². The maximum atomic E-state index is 10.9. The zero-order valence-corrected chi connectivity index (χ0v) is 7.32. The molecular formula is C8H11NO4. The van der Waals surface area contributed by atoms with Gasteiger partial charge in [-0.25, -0.2) is 9.59 Å². The van der Waals surface area contributed by atoms with E-state index in [0.29, 0.717) is 19.7 Å². The Morgan fingerprint density at radius 2 is 2.46 bits per heavy atom. The number of hydrogen-bond acceptors (Lipinski definition) is 3. The molecule has 1 fully saturated rings. The van der Waals surface area contributed by atoms with Crippen molar-refractivity contribution in [1.29, 1.82) is 0 Å². The molecule has 72 valence electrons. The summed E-state index contributed by atoms with van der Waals surface area (Å²) in [7, 11) is 0. The van der Waals surface area contributed by atoms with E-state index in [1.54, 1.807) is 0 Å². The van der Waals surface area contributed by atoms with Crippen LogP contribution in [-0.2, 0) is 9.53 Å². The number of hydrogen-bond donors (Lipinski definition) is 1. The molecule has 1 aliphatic rings. The molecule has 0 aromatic rings. The van der Waals surface area contributed by atoms with Crippen molar-refractivity contribution in [3.05, 3.63) is 11.6 Å². The van der Waals surface area contributed by atoms with Crippen molar-refractivity contribution < 1.29 is 19.4 Å². The van der Waals surface area contributed by atoms with Gasteiger partial charge < -0.3 is 14.7 Å². The van der Waals surface area contributed by atoms with Gasteiger partial charge in [0.15, 0.2) is 0 Å². The smallest absolute Gasteiger partial charge is 0.410 e. The average molecular weight is 185 g/mol. The zero-order chi connectivity index (χ0) is 9.84. The van der Waals surface area contributed by atoms with Crippen LogP contribution in [0.1, 0.15) is 6.92 Å². The average Bonchev–Trinajstić information content (AvgIpc) is 2.47. The lowest BCUT2D eigenvalue weighted by Crippen LogP contribution is -2.24. The number of amides is 1. The van der Waals surface area contributed by atoms with Crippen LogP contribution in [0.5, 0.6) is 0 Å². The highest BCUT2D eigenvalue weighted by Gasteiger charge is 2.20. The van der Waals surface area contributed by atoms with Crippen molar-refractivity contribution in [3.8, 4) is 0 Å². The van der Waals surface area contributed by atoms with E-state index in [1.165, 1.54) is 17.9 Å². The summed E-state index contributed by atoms with van der Waals surface area (Å²) in [5, 5.41) is 8.52. The van der Waals surface area contributed by atoms with E-state index in [4.69, 9.17) is 5.11 Å². The van der Waals surface area contributed by atoms with Crippen LogP contribution >= 0.6 is 0 Å². The van der Waals surface area contributed by atoms with Gasteiger partial charge >= 0.3 is 12.1 Å². The number of ether oxygens (including phenoxy) is 1. The van der Waals surface area contributed by atoms with E-state index in [2.05, 4.69) is 4.74 Å². The highest BCUT2D eigenvalue weighted by Crippen LogP contribution is 2.03. The number of carboxylic acids is 1. The van der Waals surface area contributed by atoms with Crippen LogP contribution in [0.15, 0.2) is 11.6 Å². The Balaban J connectivity index is 2.45. The van der Waals surface area contributed by atoms with Crippen LogP contribution in [-0.4, -0.2) is 41.8 Å². The standard InChI is InChI=1S/C8H11NO4/c1-6(7(10)11)2-3-9-4-5-13-8(9)12/h2H,3-5H2,1H3,(H,10,11)/b6-2+. The lowest BCUT2D eigenvalue weighted by molar-refractivity contribution is -0.132.